The molecule has 1 rings (SSSR count). The molecule has 1 saturated carbocycles. The van der Waals surface area contributed by atoms with E-state index in [4.69, 9.17) is 0 Å². The van der Waals surface area contributed by atoms with E-state index in [9.17, 15) is 30.7 Å². The van der Waals surface area contributed by atoms with Crippen molar-refractivity contribution < 1.29 is 30.7 Å². The van der Waals surface area contributed by atoms with Crippen molar-refractivity contribution in [3.8, 4) is 0 Å². The molecule has 0 aromatic rings. The summed E-state index contributed by atoms with van der Waals surface area (Å²) in [5.74, 6) is -16.3. The van der Waals surface area contributed by atoms with Gasteiger partial charge in [0.2, 0.25) is 0 Å². The van der Waals surface area contributed by atoms with Crippen LogP contribution in [0.2, 0.25) is 0 Å². The summed E-state index contributed by atoms with van der Waals surface area (Å²) in [5.41, 5.74) is -2.08. The maximum Gasteiger partial charge on any atom is 0.379 e. The molecular formula is C6H3F7. The SMILES string of the molecule is C=C1C(F)C(F)(F)C(F)(F)C1(F)F. The Morgan fingerprint density at radius 2 is 1.38 bits per heavy atom. The smallest absolute Gasteiger partial charge is 0.235 e. The van der Waals surface area contributed by atoms with Gasteiger partial charge in [0.15, 0.2) is 6.17 Å². The standard InChI is InChI=1S/C6H3F7/c1-2-3(7)5(10,11)6(12,13)4(2,8)9/h3H,1H2. The van der Waals surface area contributed by atoms with Gasteiger partial charge < -0.3 is 0 Å². The molecule has 7 heteroatoms. The Kier molecular flexibility index (Phi) is 1.74. The Bertz CT molecular complexity index is 254. The van der Waals surface area contributed by atoms with Crippen molar-refractivity contribution in [3.05, 3.63) is 12.2 Å². The van der Waals surface area contributed by atoms with Gasteiger partial charge in [-0.2, -0.15) is 26.3 Å². The number of halogens is 7. The third-order valence-electron chi connectivity index (χ3n) is 1.84. The Morgan fingerprint density at radius 3 is 1.46 bits per heavy atom. The molecule has 0 nitrogen and oxygen atoms in total. The summed E-state index contributed by atoms with van der Waals surface area (Å²) in [4.78, 5) is 0. The zero-order chi connectivity index (χ0) is 10.7. The van der Waals surface area contributed by atoms with Gasteiger partial charge in [-0.25, -0.2) is 4.39 Å². The van der Waals surface area contributed by atoms with Crippen molar-refractivity contribution in [1.82, 2.24) is 0 Å². The summed E-state index contributed by atoms with van der Waals surface area (Å²) in [6, 6.07) is 0. The normalized spacial score (nSPS) is 35.0. The second-order valence-electron chi connectivity index (χ2n) is 2.66. The van der Waals surface area contributed by atoms with E-state index < -0.39 is 29.5 Å². The van der Waals surface area contributed by atoms with Gasteiger partial charge in [0, 0.05) is 5.57 Å². The molecule has 0 aromatic carbocycles. The van der Waals surface area contributed by atoms with Crippen molar-refractivity contribution >= 4 is 0 Å². The van der Waals surface area contributed by atoms with Crippen LogP contribution in [-0.2, 0) is 0 Å². The molecule has 1 atom stereocenters. The lowest BCUT2D eigenvalue weighted by atomic mass is 10.2. The van der Waals surface area contributed by atoms with Crippen LogP contribution in [0.3, 0.4) is 0 Å². The van der Waals surface area contributed by atoms with Crippen LogP contribution >= 0.6 is 0 Å². The molecule has 76 valence electrons. The largest absolute Gasteiger partial charge is 0.379 e. The van der Waals surface area contributed by atoms with Crippen molar-refractivity contribution in [2.24, 2.45) is 0 Å². The third-order valence-corrected chi connectivity index (χ3v) is 1.84. The molecular weight excluding hydrogens is 205 g/mol. The van der Waals surface area contributed by atoms with Crippen LogP contribution in [0.5, 0.6) is 0 Å². The molecule has 0 radical (unpaired) electrons. The predicted molar refractivity (Wildman–Crippen MR) is 28.9 cm³/mol. The second-order valence-corrected chi connectivity index (χ2v) is 2.66. The van der Waals surface area contributed by atoms with Gasteiger partial charge in [0.25, 0.3) is 0 Å². The van der Waals surface area contributed by atoms with E-state index in [1.165, 1.54) is 0 Å². The van der Waals surface area contributed by atoms with Crippen molar-refractivity contribution in [3.63, 3.8) is 0 Å². The van der Waals surface area contributed by atoms with E-state index in [1.54, 1.807) is 0 Å². The molecule has 0 heterocycles. The minimum absolute atomic E-state index is 2.08. The molecule has 0 aliphatic heterocycles. The quantitative estimate of drug-likeness (QED) is 0.424. The van der Waals surface area contributed by atoms with Crippen LogP contribution in [0.25, 0.3) is 0 Å². The van der Waals surface area contributed by atoms with Crippen molar-refractivity contribution in [2.45, 2.75) is 23.9 Å². The van der Waals surface area contributed by atoms with Crippen LogP contribution in [0.4, 0.5) is 30.7 Å². The van der Waals surface area contributed by atoms with Crippen molar-refractivity contribution in [2.75, 3.05) is 0 Å². The molecule has 1 aliphatic carbocycles. The first-order chi connectivity index (χ1) is 5.57. The number of alkyl halides is 7. The number of hydrogen-bond acceptors (Lipinski definition) is 0. The maximum absolute atomic E-state index is 12.3. The molecule has 1 fully saturated rings. The average molecular weight is 208 g/mol. The summed E-state index contributed by atoms with van der Waals surface area (Å²) in [6.07, 6.45) is -3.71. The van der Waals surface area contributed by atoms with Crippen LogP contribution < -0.4 is 0 Å². The zero-order valence-corrected chi connectivity index (χ0v) is 5.93. The van der Waals surface area contributed by atoms with Crippen LogP contribution in [0, 0.1) is 0 Å². The predicted octanol–water partition coefficient (Wildman–Crippen LogP) is 2.80. The highest BCUT2D eigenvalue weighted by molar-refractivity contribution is 5.32. The monoisotopic (exact) mass is 208 g/mol. The number of hydrogen-bond donors (Lipinski definition) is 0. The summed E-state index contributed by atoms with van der Waals surface area (Å²) < 4.78 is 85.7. The van der Waals surface area contributed by atoms with E-state index in [0.29, 0.717) is 0 Å². The molecule has 0 aromatic heterocycles. The first kappa shape index (κ1) is 10.3. The van der Waals surface area contributed by atoms with E-state index in [1.807, 2.05) is 0 Å². The first-order valence-electron chi connectivity index (χ1n) is 3.03. The highest BCUT2D eigenvalue weighted by Crippen LogP contribution is 2.59. The van der Waals surface area contributed by atoms with Gasteiger partial charge in [-0.05, 0) is 0 Å². The minimum Gasteiger partial charge on any atom is -0.235 e. The zero-order valence-electron chi connectivity index (χ0n) is 5.93. The second kappa shape index (κ2) is 2.19. The highest BCUT2D eigenvalue weighted by atomic mass is 19.3. The lowest BCUT2D eigenvalue weighted by Gasteiger charge is -2.22. The molecule has 0 bridgehead atoms. The summed E-state index contributed by atoms with van der Waals surface area (Å²) >= 11 is 0. The van der Waals surface area contributed by atoms with Gasteiger partial charge >= 0.3 is 17.8 Å². The lowest BCUT2D eigenvalue weighted by Crippen LogP contribution is -2.48. The fraction of sp³-hybridized carbons (Fsp3) is 0.667. The Labute approximate surface area is 68.0 Å². The van der Waals surface area contributed by atoms with Gasteiger partial charge in [-0.3, -0.25) is 0 Å². The van der Waals surface area contributed by atoms with Crippen molar-refractivity contribution in [1.29, 1.82) is 0 Å². The van der Waals surface area contributed by atoms with E-state index in [0.717, 1.165) is 0 Å². The van der Waals surface area contributed by atoms with Gasteiger partial charge in [-0.1, -0.05) is 6.58 Å². The molecule has 1 aliphatic rings. The molecule has 0 amide bonds. The lowest BCUT2D eigenvalue weighted by molar-refractivity contribution is -0.274. The van der Waals surface area contributed by atoms with E-state index in [-0.39, 0.29) is 0 Å². The molecule has 0 N–H and O–H groups in total. The molecule has 0 saturated heterocycles. The Hall–Kier alpha value is -0.750. The number of rotatable bonds is 0. The molecule has 1 unspecified atom stereocenters. The van der Waals surface area contributed by atoms with Crippen LogP contribution in [0.15, 0.2) is 12.2 Å². The van der Waals surface area contributed by atoms with E-state index >= 15 is 0 Å². The summed E-state index contributed by atoms with van der Waals surface area (Å²) in [7, 11) is 0. The highest BCUT2D eigenvalue weighted by Gasteiger charge is 2.83. The van der Waals surface area contributed by atoms with E-state index in [2.05, 4.69) is 6.58 Å². The topological polar surface area (TPSA) is 0 Å². The summed E-state index contributed by atoms with van der Waals surface area (Å²) in [5, 5.41) is 0. The Morgan fingerprint density at radius 1 is 1.00 bits per heavy atom. The maximum atomic E-state index is 12.3. The fourth-order valence-electron chi connectivity index (χ4n) is 0.948. The molecule has 13 heavy (non-hydrogen) atoms. The first-order valence-corrected chi connectivity index (χ1v) is 3.03. The van der Waals surface area contributed by atoms with Gasteiger partial charge in [0.05, 0.1) is 0 Å². The van der Waals surface area contributed by atoms with Crippen LogP contribution in [0.1, 0.15) is 0 Å². The summed E-state index contributed by atoms with van der Waals surface area (Å²) in [6.45, 7) is 2.19. The molecule has 0 spiro atoms. The Balaban J connectivity index is 3.31. The van der Waals surface area contributed by atoms with Crippen LogP contribution in [-0.4, -0.2) is 23.9 Å². The fourth-order valence-corrected chi connectivity index (χ4v) is 0.948. The van der Waals surface area contributed by atoms with Gasteiger partial charge in [-0.15, -0.1) is 0 Å². The minimum atomic E-state index is -5.71. The average Bonchev–Trinajstić information content (AvgIpc) is 2.05. The van der Waals surface area contributed by atoms with Gasteiger partial charge in [0.1, 0.15) is 0 Å². The number of allylic oxidation sites excluding steroid dienone is 1. The third kappa shape index (κ3) is 0.871.